The molecule has 4 nitrogen and oxygen atoms in total. The fourth-order valence-corrected chi connectivity index (χ4v) is 1.54. The van der Waals surface area contributed by atoms with Gasteiger partial charge in [0.05, 0.1) is 0 Å². The second-order valence-electron chi connectivity index (χ2n) is 3.70. The monoisotopic (exact) mass is 223 g/mol. The van der Waals surface area contributed by atoms with E-state index >= 15 is 0 Å². The number of aromatic nitrogens is 2. The molecule has 0 aliphatic carbocycles. The van der Waals surface area contributed by atoms with Crippen molar-refractivity contribution in [3.8, 4) is 0 Å². The topological polar surface area (TPSA) is 47.0 Å². The molecular weight excluding hydrogens is 202 g/mol. The molecule has 0 saturated carbocycles. The number of ether oxygens (including phenoxy) is 1. The van der Waals surface area contributed by atoms with E-state index in [-0.39, 0.29) is 6.10 Å². The number of aryl methyl sites for hydroxylation is 1. The molecule has 1 aromatic heterocycles. The first-order valence-corrected chi connectivity index (χ1v) is 5.88. The minimum Gasteiger partial charge on any atom is -0.373 e. The highest BCUT2D eigenvalue weighted by molar-refractivity contribution is 5.35. The molecule has 0 radical (unpaired) electrons. The van der Waals surface area contributed by atoms with Crippen LogP contribution in [-0.4, -0.2) is 23.6 Å². The summed E-state index contributed by atoms with van der Waals surface area (Å²) in [5, 5.41) is 3.06. The van der Waals surface area contributed by atoms with Crippen molar-refractivity contribution >= 4 is 5.82 Å². The van der Waals surface area contributed by atoms with Crippen LogP contribution in [0.15, 0.2) is 6.07 Å². The predicted molar refractivity (Wildman–Crippen MR) is 65.6 cm³/mol. The minimum absolute atomic E-state index is 0.0473. The van der Waals surface area contributed by atoms with E-state index in [2.05, 4.69) is 22.2 Å². The number of anilines is 1. The third-order valence-corrected chi connectivity index (χ3v) is 2.34. The van der Waals surface area contributed by atoms with Gasteiger partial charge in [-0.3, -0.25) is 0 Å². The maximum absolute atomic E-state index is 5.51. The molecule has 1 unspecified atom stereocenters. The Morgan fingerprint density at radius 2 is 2.12 bits per heavy atom. The van der Waals surface area contributed by atoms with Gasteiger partial charge >= 0.3 is 0 Å². The fraction of sp³-hybridized carbons (Fsp3) is 0.667. The number of nitrogens with one attached hydrogen (secondary N) is 1. The molecule has 1 aromatic rings. The highest BCUT2D eigenvalue weighted by Crippen LogP contribution is 2.16. The van der Waals surface area contributed by atoms with Crippen molar-refractivity contribution in [3.63, 3.8) is 0 Å². The third-order valence-electron chi connectivity index (χ3n) is 2.34. The molecule has 90 valence electrons. The van der Waals surface area contributed by atoms with E-state index in [4.69, 9.17) is 4.74 Å². The lowest BCUT2D eigenvalue weighted by atomic mass is 10.2. The van der Waals surface area contributed by atoms with Crippen LogP contribution in [0.2, 0.25) is 0 Å². The highest BCUT2D eigenvalue weighted by Gasteiger charge is 2.11. The number of hydrogen-bond acceptors (Lipinski definition) is 4. The van der Waals surface area contributed by atoms with Crippen molar-refractivity contribution < 1.29 is 4.74 Å². The van der Waals surface area contributed by atoms with Gasteiger partial charge in [0.1, 0.15) is 11.9 Å². The van der Waals surface area contributed by atoms with Crippen molar-refractivity contribution in [2.24, 2.45) is 0 Å². The van der Waals surface area contributed by atoms with Gasteiger partial charge in [0.25, 0.3) is 0 Å². The Labute approximate surface area is 97.5 Å². The average molecular weight is 223 g/mol. The Hall–Kier alpha value is -1.16. The summed E-state index contributed by atoms with van der Waals surface area (Å²) in [6.07, 6.45) is 2.01. The maximum Gasteiger partial charge on any atom is 0.159 e. The molecule has 0 aromatic carbocycles. The van der Waals surface area contributed by atoms with Crippen molar-refractivity contribution in [2.45, 2.75) is 39.7 Å². The summed E-state index contributed by atoms with van der Waals surface area (Å²) < 4.78 is 5.51. The minimum atomic E-state index is -0.0473. The summed E-state index contributed by atoms with van der Waals surface area (Å²) in [6.45, 7) is 6.78. The molecule has 0 aliphatic heterocycles. The molecule has 0 bridgehead atoms. The first-order chi connectivity index (χ1) is 7.71. The number of rotatable bonds is 6. The van der Waals surface area contributed by atoms with Crippen LogP contribution in [0.3, 0.4) is 0 Å². The van der Waals surface area contributed by atoms with Crippen molar-refractivity contribution in [1.29, 1.82) is 0 Å². The smallest absolute Gasteiger partial charge is 0.159 e. The largest absolute Gasteiger partial charge is 0.373 e. The van der Waals surface area contributed by atoms with E-state index in [1.165, 1.54) is 0 Å². The average Bonchev–Trinajstić information content (AvgIpc) is 2.29. The molecule has 0 spiro atoms. The summed E-state index contributed by atoms with van der Waals surface area (Å²) in [5.74, 6) is 1.62. The van der Waals surface area contributed by atoms with Crippen LogP contribution in [0.25, 0.3) is 0 Å². The summed E-state index contributed by atoms with van der Waals surface area (Å²) in [5.41, 5.74) is 1.07. The quantitative estimate of drug-likeness (QED) is 0.805. The van der Waals surface area contributed by atoms with Crippen LogP contribution < -0.4 is 5.32 Å². The Bertz CT molecular complexity index is 328. The van der Waals surface area contributed by atoms with E-state index in [1.807, 2.05) is 27.0 Å². The third kappa shape index (κ3) is 3.45. The molecule has 0 fully saturated rings. The van der Waals surface area contributed by atoms with Gasteiger partial charge in [-0.1, -0.05) is 13.3 Å². The maximum atomic E-state index is 5.51. The van der Waals surface area contributed by atoms with E-state index < -0.39 is 0 Å². The number of nitrogens with zero attached hydrogens (tertiary/aromatic N) is 2. The Morgan fingerprint density at radius 1 is 1.38 bits per heavy atom. The molecule has 16 heavy (non-hydrogen) atoms. The van der Waals surface area contributed by atoms with Crippen LogP contribution in [0.5, 0.6) is 0 Å². The van der Waals surface area contributed by atoms with Gasteiger partial charge in [-0.25, -0.2) is 9.97 Å². The van der Waals surface area contributed by atoms with Crippen molar-refractivity contribution in [2.75, 3.05) is 19.0 Å². The lowest BCUT2D eigenvalue weighted by Gasteiger charge is -2.13. The van der Waals surface area contributed by atoms with E-state index in [0.717, 1.165) is 30.2 Å². The molecule has 1 N–H and O–H groups in total. The van der Waals surface area contributed by atoms with Crippen LogP contribution in [-0.2, 0) is 11.2 Å². The van der Waals surface area contributed by atoms with Gasteiger partial charge in [-0.05, 0) is 20.3 Å². The fourth-order valence-electron chi connectivity index (χ4n) is 1.54. The molecule has 1 heterocycles. The van der Waals surface area contributed by atoms with Crippen LogP contribution in [0, 0.1) is 0 Å². The lowest BCUT2D eigenvalue weighted by molar-refractivity contribution is 0.0700. The lowest BCUT2D eigenvalue weighted by Crippen LogP contribution is -2.09. The zero-order chi connectivity index (χ0) is 12.0. The molecular formula is C12H21N3O. The zero-order valence-electron chi connectivity index (χ0n) is 10.6. The highest BCUT2D eigenvalue weighted by atomic mass is 16.5. The van der Waals surface area contributed by atoms with Crippen molar-refractivity contribution in [1.82, 2.24) is 9.97 Å². The molecule has 4 heteroatoms. The predicted octanol–water partition coefficient (Wildman–Crippen LogP) is 2.57. The molecule has 0 aliphatic rings. The Balaban J connectivity index is 2.93. The van der Waals surface area contributed by atoms with E-state index in [1.54, 1.807) is 0 Å². The summed E-state index contributed by atoms with van der Waals surface area (Å²) in [7, 11) is 1.87. The van der Waals surface area contributed by atoms with Gasteiger partial charge in [0.2, 0.25) is 0 Å². The van der Waals surface area contributed by atoms with Gasteiger partial charge in [-0.2, -0.15) is 0 Å². The molecule has 1 rings (SSSR count). The summed E-state index contributed by atoms with van der Waals surface area (Å²) >= 11 is 0. The summed E-state index contributed by atoms with van der Waals surface area (Å²) in [4.78, 5) is 8.92. The first kappa shape index (κ1) is 12.9. The Kier molecular flexibility index (Phi) is 5.19. The van der Waals surface area contributed by atoms with Crippen molar-refractivity contribution in [3.05, 3.63) is 17.6 Å². The SMILES string of the molecule is CCCc1cc(NC)nc(C(C)OCC)n1. The molecule has 0 saturated heterocycles. The zero-order valence-corrected chi connectivity index (χ0v) is 10.6. The second kappa shape index (κ2) is 6.43. The van der Waals surface area contributed by atoms with E-state index in [9.17, 15) is 0 Å². The van der Waals surface area contributed by atoms with Gasteiger partial charge < -0.3 is 10.1 Å². The van der Waals surface area contributed by atoms with E-state index in [0.29, 0.717) is 6.61 Å². The standard InChI is InChI=1S/C12H21N3O/c1-5-7-10-8-11(13-4)15-12(14-10)9(3)16-6-2/h8-9H,5-7H2,1-4H3,(H,13,14,15). The van der Waals surface area contributed by atoms with Gasteiger partial charge in [0.15, 0.2) is 5.82 Å². The second-order valence-corrected chi connectivity index (χ2v) is 3.70. The van der Waals surface area contributed by atoms with Gasteiger partial charge in [-0.15, -0.1) is 0 Å². The van der Waals surface area contributed by atoms with Gasteiger partial charge in [0, 0.05) is 25.4 Å². The molecule has 0 amide bonds. The Morgan fingerprint density at radius 3 is 2.69 bits per heavy atom. The molecule has 1 atom stereocenters. The van der Waals surface area contributed by atoms with Crippen LogP contribution >= 0.6 is 0 Å². The van der Waals surface area contributed by atoms with Crippen LogP contribution in [0.4, 0.5) is 5.82 Å². The normalized spacial score (nSPS) is 12.5. The summed E-state index contributed by atoms with van der Waals surface area (Å²) in [6, 6.07) is 1.99. The van der Waals surface area contributed by atoms with Crippen LogP contribution in [0.1, 0.15) is 44.8 Å². The first-order valence-electron chi connectivity index (χ1n) is 5.88. The number of hydrogen-bond donors (Lipinski definition) is 1.